The number of hydrogen-bond acceptors (Lipinski definition) is 3. The van der Waals surface area contributed by atoms with Crippen LogP contribution in [0.1, 0.15) is 26.6 Å². The van der Waals surface area contributed by atoms with Crippen molar-refractivity contribution < 1.29 is 9.36 Å². The minimum atomic E-state index is 0.146. The van der Waals surface area contributed by atoms with Gasteiger partial charge < -0.3 is 9.47 Å². The van der Waals surface area contributed by atoms with Crippen molar-refractivity contribution >= 4 is 22.8 Å². The van der Waals surface area contributed by atoms with Gasteiger partial charge in [0.05, 0.1) is 6.54 Å². The van der Waals surface area contributed by atoms with Crippen molar-refractivity contribution in [3.63, 3.8) is 0 Å². The number of ketones is 1. The number of hydrogen-bond donors (Lipinski definition) is 0. The van der Waals surface area contributed by atoms with E-state index in [-0.39, 0.29) is 5.78 Å². The zero-order chi connectivity index (χ0) is 18.0. The molecule has 25 heavy (non-hydrogen) atoms. The lowest BCUT2D eigenvalue weighted by Gasteiger charge is -2.10. The molecule has 0 atom stereocenters. The van der Waals surface area contributed by atoms with Gasteiger partial charge in [-0.1, -0.05) is 6.07 Å². The molecule has 0 aliphatic heterocycles. The maximum atomic E-state index is 12.8. The van der Waals surface area contributed by atoms with Crippen molar-refractivity contribution in [2.24, 2.45) is 0 Å². The lowest BCUT2D eigenvalue weighted by atomic mass is 10.1. The van der Waals surface area contributed by atoms with Gasteiger partial charge in [-0.25, -0.2) is 0 Å². The molecule has 5 heteroatoms. The maximum absolute atomic E-state index is 12.8. The van der Waals surface area contributed by atoms with Crippen molar-refractivity contribution in [2.45, 2.75) is 26.9 Å². The Balaban J connectivity index is 1.78. The second kappa shape index (κ2) is 7.23. The summed E-state index contributed by atoms with van der Waals surface area (Å²) in [6.45, 7) is 5.29. The minimum Gasteiger partial charge on any atom is -0.377 e. The van der Waals surface area contributed by atoms with E-state index in [2.05, 4.69) is 29.0 Å². The number of aromatic nitrogens is 2. The van der Waals surface area contributed by atoms with E-state index in [0.29, 0.717) is 6.54 Å². The molecule has 3 rings (SSSR count). The van der Waals surface area contributed by atoms with Gasteiger partial charge in [0, 0.05) is 53.7 Å². The largest absolute Gasteiger partial charge is 0.377 e. The van der Waals surface area contributed by atoms with Gasteiger partial charge in [-0.15, -0.1) is 11.3 Å². The summed E-state index contributed by atoms with van der Waals surface area (Å²) >= 11 is 1.75. The van der Waals surface area contributed by atoms with Crippen molar-refractivity contribution in [2.75, 3.05) is 19.0 Å². The van der Waals surface area contributed by atoms with Gasteiger partial charge in [-0.05, 0) is 31.4 Å². The minimum absolute atomic E-state index is 0.146. The first-order valence-corrected chi connectivity index (χ1v) is 9.22. The molecule has 3 heterocycles. The molecule has 0 aliphatic carbocycles. The Morgan fingerprint density at radius 1 is 1.20 bits per heavy atom. The smallest absolute Gasteiger partial charge is 0.229 e. The average molecular weight is 354 g/mol. The highest BCUT2D eigenvalue weighted by molar-refractivity contribution is 7.09. The Kier molecular flexibility index (Phi) is 5.04. The monoisotopic (exact) mass is 354 g/mol. The fourth-order valence-electron chi connectivity index (χ4n) is 2.99. The third kappa shape index (κ3) is 3.82. The number of pyridine rings is 1. The van der Waals surface area contributed by atoms with E-state index in [1.54, 1.807) is 11.3 Å². The summed E-state index contributed by atoms with van der Waals surface area (Å²) in [7, 11) is 4.01. The Bertz CT molecular complexity index is 861. The normalized spacial score (nSPS) is 10.9. The summed E-state index contributed by atoms with van der Waals surface area (Å²) in [4.78, 5) is 16.1. The first-order valence-electron chi connectivity index (χ1n) is 8.34. The van der Waals surface area contributed by atoms with Gasteiger partial charge in [0.2, 0.25) is 12.3 Å². The van der Waals surface area contributed by atoms with Crippen molar-refractivity contribution in [1.29, 1.82) is 0 Å². The summed E-state index contributed by atoms with van der Waals surface area (Å²) in [6, 6.07) is 10.3. The van der Waals surface area contributed by atoms with Crippen LogP contribution in [-0.2, 0) is 13.1 Å². The van der Waals surface area contributed by atoms with E-state index < -0.39 is 0 Å². The van der Waals surface area contributed by atoms with Crippen LogP contribution in [0.25, 0.3) is 0 Å². The van der Waals surface area contributed by atoms with Gasteiger partial charge in [0.1, 0.15) is 0 Å². The molecule has 0 saturated carbocycles. The molecule has 0 saturated heterocycles. The number of anilines is 1. The first kappa shape index (κ1) is 17.4. The highest BCUT2D eigenvalue weighted by Crippen LogP contribution is 2.19. The Hall–Kier alpha value is -2.40. The van der Waals surface area contributed by atoms with Crippen molar-refractivity contribution in [3.8, 4) is 0 Å². The molecule has 0 bridgehead atoms. The summed E-state index contributed by atoms with van der Waals surface area (Å²) in [6.07, 6.45) is 3.91. The van der Waals surface area contributed by atoms with Crippen LogP contribution < -0.4 is 9.47 Å². The Morgan fingerprint density at radius 2 is 1.92 bits per heavy atom. The second-order valence-corrected chi connectivity index (χ2v) is 7.53. The van der Waals surface area contributed by atoms with Crippen LogP contribution in [0.4, 0.5) is 5.69 Å². The molecule has 0 amide bonds. The number of aryl methyl sites for hydroxylation is 1. The van der Waals surface area contributed by atoms with Crippen molar-refractivity contribution in [1.82, 2.24) is 4.57 Å². The van der Waals surface area contributed by atoms with Gasteiger partial charge in [-0.2, -0.15) is 4.57 Å². The molecule has 0 aromatic carbocycles. The van der Waals surface area contributed by atoms with Crippen LogP contribution in [0.3, 0.4) is 0 Å². The lowest BCUT2D eigenvalue weighted by Crippen LogP contribution is -2.37. The standard InChI is InChI=1S/C20H24N3OS/c1-15-12-19(16(2)23(15)13-18-6-5-11-25-18)20(24)14-22-9-7-17(8-10-22)21(3)4/h5-12H,13-14H2,1-4H3/q+1. The molecule has 3 aromatic heterocycles. The third-order valence-electron chi connectivity index (χ3n) is 4.48. The van der Waals surface area contributed by atoms with E-state index in [9.17, 15) is 4.79 Å². The number of carbonyl (C=O) groups is 1. The molecular weight excluding hydrogens is 330 g/mol. The quantitative estimate of drug-likeness (QED) is 0.501. The highest BCUT2D eigenvalue weighted by atomic mass is 32.1. The van der Waals surface area contributed by atoms with Crippen LogP contribution in [0.5, 0.6) is 0 Å². The molecule has 0 radical (unpaired) electrons. The lowest BCUT2D eigenvalue weighted by molar-refractivity contribution is -0.683. The van der Waals surface area contributed by atoms with Gasteiger partial charge in [-0.3, -0.25) is 4.79 Å². The van der Waals surface area contributed by atoms with Gasteiger partial charge >= 0.3 is 0 Å². The van der Waals surface area contributed by atoms with E-state index in [1.165, 1.54) is 4.88 Å². The Labute approximate surface area is 153 Å². The third-order valence-corrected chi connectivity index (χ3v) is 5.35. The van der Waals surface area contributed by atoms with E-state index in [1.807, 2.05) is 61.1 Å². The zero-order valence-corrected chi connectivity index (χ0v) is 16.0. The summed E-state index contributed by atoms with van der Waals surface area (Å²) < 4.78 is 4.15. The number of rotatable bonds is 6. The van der Waals surface area contributed by atoms with E-state index >= 15 is 0 Å². The molecule has 4 nitrogen and oxygen atoms in total. The van der Waals surface area contributed by atoms with Crippen LogP contribution in [0, 0.1) is 13.8 Å². The van der Waals surface area contributed by atoms with Crippen molar-refractivity contribution in [3.05, 3.63) is 69.9 Å². The molecular formula is C20H24N3OS+. The van der Waals surface area contributed by atoms with Crippen LogP contribution in [-0.4, -0.2) is 24.4 Å². The second-order valence-electron chi connectivity index (χ2n) is 6.50. The van der Waals surface area contributed by atoms with Crippen LogP contribution >= 0.6 is 11.3 Å². The SMILES string of the molecule is Cc1cc(C(=O)C[n+]2ccc(N(C)C)cc2)c(C)n1Cc1cccs1. The number of Topliss-reactive ketones (excluding diaryl/α,β-unsaturated/α-hetero) is 1. The van der Waals surface area contributed by atoms with Gasteiger partial charge in [0.15, 0.2) is 12.4 Å². The number of carbonyl (C=O) groups excluding carboxylic acids is 1. The van der Waals surface area contributed by atoms with E-state index in [0.717, 1.165) is 29.2 Å². The zero-order valence-electron chi connectivity index (χ0n) is 15.2. The number of thiophene rings is 1. The molecule has 0 unspecified atom stereocenters. The fraction of sp³-hybridized carbons (Fsp3) is 0.300. The predicted molar refractivity (Wildman–Crippen MR) is 103 cm³/mol. The van der Waals surface area contributed by atoms with Gasteiger partial charge in [0.25, 0.3) is 0 Å². The Morgan fingerprint density at radius 3 is 2.52 bits per heavy atom. The first-order chi connectivity index (χ1) is 12.0. The molecule has 3 aromatic rings. The average Bonchev–Trinajstić information content (AvgIpc) is 3.19. The summed E-state index contributed by atoms with van der Waals surface area (Å²) in [5.41, 5.74) is 4.11. The molecule has 0 aliphatic rings. The topological polar surface area (TPSA) is 29.1 Å². The van der Waals surface area contributed by atoms with Crippen LogP contribution in [0.2, 0.25) is 0 Å². The molecule has 0 fully saturated rings. The maximum Gasteiger partial charge on any atom is 0.229 e. The summed E-state index contributed by atoms with van der Waals surface area (Å²) in [5.74, 6) is 0.146. The van der Waals surface area contributed by atoms with E-state index in [4.69, 9.17) is 0 Å². The summed E-state index contributed by atoms with van der Waals surface area (Å²) in [5, 5.41) is 2.09. The predicted octanol–water partition coefficient (Wildman–Crippen LogP) is 3.45. The van der Waals surface area contributed by atoms with Crippen LogP contribution in [0.15, 0.2) is 48.1 Å². The highest BCUT2D eigenvalue weighted by Gasteiger charge is 2.19. The molecule has 0 N–H and O–H groups in total. The molecule has 0 spiro atoms. The fourth-order valence-corrected chi connectivity index (χ4v) is 3.68. The molecule has 130 valence electrons. The number of nitrogens with zero attached hydrogens (tertiary/aromatic N) is 3.